The molecule has 0 spiro atoms. The van der Waals surface area contributed by atoms with E-state index in [0.717, 1.165) is 0 Å². The van der Waals surface area contributed by atoms with E-state index < -0.39 is 5.82 Å². The van der Waals surface area contributed by atoms with Gasteiger partial charge in [-0.05, 0) is 18.2 Å². The van der Waals surface area contributed by atoms with Crippen molar-refractivity contribution in [2.24, 2.45) is 0 Å². The number of imidazole rings is 1. The van der Waals surface area contributed by atoms with Crippen LogP contribution in [0.4, 0.5) is 4.39 Å². The molecule has 2 aromatic heterocycles. The molecule has 2 heterocycles. The largest absolute Gasteiger partial charge is 0.335 e. The lowest BCUT2D eigenvalue weighted by Gasteiger charge is -1.97. The van der Waals surface area contributed by atoms with Gasteiger partial charge in [0.05, 0.1) is 6.20 Å². The summed E-state index contributed by atoms with van der Waals surface area (Å²) in [5.41, 5.74) is 1.81. The number of nitrogens with one attached hydrogen (secondary N) is 1. The van der Waals surface area contributed by atoms with Crippen LogP contribution in [0.1, 0.15) is 0 Å². The van der Waals surface area contributed by atoms with Crippen LogP contribution in [0, 0.1) is 5.82 Å². The number of aromatic nitrogens is 4. The maximum Gasteiger partial charge on any atom is 0.181 e. The summed E-state index contributed by atoms with van der Waals surface area (Å²) in [5, 5.41) is 0.326. The molecule has 84 valence electrons. The van der Waals surface area contributed by atoms with Gasteiger partial charge in [0.25, 0.3) is 0 Å². The number of rotatable bonds is 1. The molecule has 0 aliphatic rings. The highest BCUT2D eigenvalue weighted by atomic mass is 35.5. The standard InChI is InChI=1S/C11H6ClFN4/c12-7-1-6(2-8(13)3-7)10-16-9-4-14-5-15-11(9)17-10/h1-5H,(H,14,15,16,17). The Morgan fingerprint density at radius 2 is 2.12 bits per heavy atom. The van der Waals surface area contributed by atoms with Crippen LogP contribution in [0.3, 0.4) is 0 Å². The van der Waals surface area contributed by atoms with Gasteiger partial charge in [0.2, 0.25) is 0 Å². The van der Waals surface area contributed by atoms with Gasteiger partial charge in [-0.2, -0.15) is 0 Å². The molecular formula is C11H6ClFN4. The van der Waals surface area contributed by atoms with Crippen LogP contribution >= 0.6 is 11.6 Å². The Hall–Kier alpha value is -2.01. The van der Waals surface area contributed by atoms with Gasteiger partial charge in [0, 0.05) is 10.6 Å². The van der Waals surface area contributed by atoms with Crippen molar-refractivity contribution in [3.8, 4) is 11.4 Å². The number of hydrogen-bond donors (Lipinski definition) is 1. The number of benzene rings is 1. The Morgan fingerprint density at radius 3 is 2.88 bits per heavy atom. The number of nitrogens with zero attached hydrogens (tertiary/aromatic N) is 3. The minimum Gasteiger partial charge on any atom is -0.335 e. The predicted octanol–water partition coefficient (Wildman–Crippen LogP) is 2.81. The summed E-state index contributed by atoms with van der Waals surface area (Å²) in [4.78, 5) is 15.1. The zero-order valence-electron chi connectivity index (χ0n) is 8.48. The van der Waals surface area contributed by atoms with Gasteiger partial charge in [-0.25, -0.2) is 19.3 Å². The van der Waals surface area contributed by atoms with Crippen molar-refractivity contribution in [3.63, 3.8) is 0 Å². The van der Waals surface area contributed by atoms with Crippen molar-refractivity contribution in [1.29, 1.82) is 0 Å². The van der Waals surface area contributed by atoms with E-state index >= 15 is 0 Å². The van der Waals surface area contributed by atoms with Crippen molar-refractivity contribution < 1.29 is 4.39 Å². The Kier molecular flexibility index (Phi) is 2.26. The SMILES string of the molecule is Fc1cc(Cl)cc(-c2nc3ncncc3[nH]2)c1. The van der Waals surface area contributed by atoms with Gasteiger partial charge < -0.3 is 4.98 Å². The molecule has 4 nitrogen and oxygen atoms in total. The average molecular weight is 249 g/mol. The fourth-order valence-electron chi connectivity index (χ4n) is 1.59. The van der Waals surface area contributed by atoms with Crippen molar-refractivity contribution in [3.05, 3.63) is 41.6 Å². The summed E-state index contributed by atoms with van der Waals surface area (Å²) in [6.07, 6.45) is 3.02. The monoisotopic (exact) mass is 248 g/mol. The lowest BCUT2D eigenvalue weighted by molar-refractivity contribution is 0.628. The second kappa shape index (κ2) is 3.78. The zero-order chi connectivity index (χ0) is 11.8. The first-order chi connectivity index (χ1) is 8.22. The molecule has 0 unspecified atom stereocenters. The molecule has 0 aliphatic carbocycles. The first kappa shape index (κ1) is 10.2. The van der Waals surface area contributed by atoms with Crippen LogP contribution in [0.2, 0.25) is 5.02 Å². The second-order valence-electron chi connectivity index (χ2n) is 3.50. The summed E-state index contributed by atoms with van der Waals surface area (Å²) < 4.78 is 13.2. The molecule has 3 rings (SSSR count). The predicted molar refractivity (Wildman–Crippen MR) is 62.1 cm³/mol. The molecule has 0 bridgehead atoms. The van der Waals surface area contributed by atoms with Gasteiger partial charge in [-0.1, -0.05) is 11.6 Å². The highest BCUT2D eigenvalue weighted by Crippen LogP contribution is 2.23. The van der Waals surface area contributed by atoms with E-state index in [0.29, 0.717) is 27.6 Å². The molecule has 1 aromatic carbocycles. The second-order valence-corrected chi connectivity index (χ2v) is 3.94. The minimum absolute atomic E-state index is 0.326. The average Bonchev–Trinajstić information content (AvgIpc) is 2.71. The lowest BCUT2D eigenvalue weighted by atomic mass is 10.2. The van der Waals surface area contributed by atoms with Crippen molar-refractivity contribution >= 4 is 22.8 Å². The van der Waals surface area contributed by atoms with E-state index in [1.807, 2.05) is 0 Å². The fraction of sp³-hybridized carbons (Fsp3) is 0. The van der Waals surface area contributed by atoms with E-state index in [-0.39, 0.29) is 0 Å². The van der Waals surface area contributed by atoms with E-state index in [2.05, 4.69) is 19.9 Å². The summed E-state index contributed by atoms with van der Waals surface area (Å²) in [6, 6.07) is 4.24. The fourth-order valence-corrected chi connectivity index (χ4v) is 1.81. The van der Waals surface area contributed by atoms with Crippen LogP contribution < -0.4 is 0 Å². The first-order valence-electron chi connectivity index (χ1n) is 4.84. The Morgan fingerprint density at radius 1 is 1.24 bits per heavy atom. The maximum absolute atomic E-state index is 13.2. The van der Waals surface area contributed by atoms with E-state index in [1.165, 1.54) is 18.5 Å². The molecule has 0 aliphatic heterocycles. The molecule has 6 heteroatoms. The van der Waals surface area contributed by atoms with E-state index in [4.69, 9.17) is 11.6 Å². The molecule has 0 fully saturated rings. The summed E-state index contributed by atoms with van der Waals surface area (Å²) in [7, 11) is 0. The van der Waals surface area contributed by atoms with Crippen LogP contribution in [0.25, 0.3) is 22.6 Å². The Bertz CT molecular complexity index is 642. The van der Waals surface area contributed by atoms with E-state index in [1.54, 1.807) is 12.3 Å². The molecule has 0 saturated carbocycles. The number of aromatic amines is 1. The molecule has 3 aromatic rings. The number of fused-ring (bicyclic) bond motifs is 1. The normalized spacial score (nSPS) is 10.9. The molecular weight excluding hydrogens is 243 g/mol. The Labute approximate surface area is 101 Å². The minimum atomic E-state index is -0.404. The van der Waals surface area contributed by atoms with Gasteiger partial charge in [-0.15, -0.1) is 0 Å². The van der Waals surface area contributed by atoms with Crippen LogP contribution in [-0.2, 0) is 0 Å². The molecule has 0 saturated heterocycles. The van der Waals surface area contributed by atoms with Crippen LogP contribution in [-0.4, -0.2) is 19.9 Å². The maximum atomic E-state index is 13.2. The van der Waals surface area contributed by atoms with Gasteiger partial charge in [0.15, 0.2) is 5.65 Å². The number of halogens is 2. The third-order valence-electron chi connectivity index (χ3n) is 2.30. The van der Waals surface area contributed by atoms with Crippen LogP contribution in [0.5, 0.6) is 0 Å². The first-order valence-corrected chi connectivity index (χ1v) is 5.22. The van der Waals surface area contributed by atoms with Gasteiger partial charge in [0.1, 0.15) is 23.5 Å². The summed E-state index contributed by atoms with van der Waals surface area (Å²) in [6.45, 7) is 0. The number of hydrogen-bond acceptors (Lipinski definition) is 3. The van der Waals surface area contributed by atoms with Gasteiger partial charge in [-0.3, -0.25) is 0 Å². The van der Waals surface area contributed by atoms with Gasteiger partial charge >= 0.3 is 0 Å². The smallest absolute Gasteiger partial charge is 0.181 e. The van der Waals surface area contributed by atoms with Crippen molar-refractivity contribution in [2.45, 2.75) is 0 Å². The summed E-state index contributed by atoms with van der Waals surface area (Å²) in [5.74, 6) is 0.112. The van der Waals surface area contributed by atoms with Crippen molar-refractivity contribution in [2.75, 3.05) is 0 Å². The summed E-state index contributed by atoms with van der Waals surface area (Å²) >= 11 is 5.79. The highest BCUT2D eigenvalue weighted by molar-refractivity contribution is 6.30. The Balaban J connectivity index is 2.20. The lowest BCUT2D eigenvalue weighted by Crippen LogP contribution is -1.83. The molecule has 17 heavy (non-hydrogen) atoms. The highest BCUT2D eigenvalue weighted by Gasteiger charge is 2.08. The molecule has 0 amide bonds. The number of H-pyrrole nitrogens is 1. The zero-order valence-corrected chi connectivity index (χ0v) is 9.24. The van der Waals surface area contributed by atoms with E-state index in [9.17, 15) is 4.39 Å². The molecule has 1 N–H and O–H groups in total. The molecule has 0 atom stereocenters. The third-order valence-corrected chi connectivity index (χ3v) is 2.52. The van der Waals surface area contributed by atoms with Crippen molar-refractivity contribution in [1.82, 2.24) is 19.9 Å². The van der Waals surface area contributed by atoms with Crippen LogP contribution in [0.15, 0.2) is 30.7 Å². The third kappa shape index (κ3) is 1.85. The quantitative estimate of drug-likeness (QED) is 0.720. The topological polar surface area (TPSA) is 54.5 Å². The molecule has 0 radical (unpaired) electrons.